The van der Waals surface area contributed by atoms with Gasteiger partial charge in [0.15, 0.2) is 0 Å². The highest BCUT2D eigenvalue weighted by Gasteiger charge is 2.11. The van der Waals surface area contributed by atoms with Crippen molar-refractivity contribution >= 4 is 0 Å². The summed E-state index contributed by atoms with van der Waals surface area (Å²) in [7, 11) is 0. The van der Waals surface area contributed by atoms with Crippen LogP contribution in [0.3, 0.4) is 0 Å². The minimum atomic E-state index is 0.546. The van der Waals surface area contributed by atoms with Crippen molar-refractivity contribution < 1.29 is 4.74 Å². The Morgan fingerprint density at radius 1 is 1.29 bits per heavy atom. The van der Waals surface area contributed by atoms with Gasteiger partial charge in [-0.05, 0) is 43.5 Å². The minimum absolute atomic E-state index is 0.546. The number of benzene rings is 1. The Balaban J connectivity index is 2.35. The van der Waals surface area contributed by atoms with Gasteiger partial charge < -0.3 is 10.1 Å². The first-order chi connectivity index (χ1) is 8.13. The van der Waals surface area contributed by atoms with Gasteiger partial charge in [-0.1, -0.05) is 32.9 Å². The van der Waals surface area contributed by atoms with Crippen LogP contribution in [0.2, 0.25) is 0 Å². The smallest absolute Gasteiger partial charge is 0.119 e. The van der Waals surface area contributed by atoms with Gasteiger partial charge in [0, 0.05) is 6.04 Å². The van der Waals surface area contributed by atoms with E-state index in [0.29, 0.717) is 12.0 Å². The van der Waals surface area contributed by atoms with E-state index in [-0.39, 0.29) is 0 Å². The first-order valence-electron chi connectivity index (χ1n) is 6.56. The Bertz CT molecular complexity index is 322. The molecule has 1 unspecified atom stereocenters. The van der Waals surface area contributed by atoms with E-state index in [1.165, 1.54) is 5.56 Å². The predicted octanol–water partition coefficient (Wildman–Crippen LogP) is 3.40. The van der Waals surface area contributed by atoms with E-state index in [1.54, 1.807) is 0 Å². The van der Waals surface area contributed by atoms with E-state index in [2.05, 4.69) is 45.1 Å². The molecule has 0 saturated carbocycles. The van der Waals surface area contributed by atoms with Crippen molar-refractivity contribution in [2.75, 3.05) is 13.2 Å². The van der Waals surface area contributed by atoms with Gasteiger partial charge in [0.1, 0.15) is 5.75 Å². The van der Waals surface area contributed by atoms with E-state index < -0.39 is 0 Å². The topological polar surface area (TPSA) is 21.3 Å². The standard InChI is InChI=1S/C15H25NO/c1-5-16-15(12(2)3)9-10-17-14-8-6-7-13(4)11-14/h6-8,11-12,15-16H,5,9-10H2,1-4H3. The molecule has 1 aromatic carbocycles. The molecule has 0 radical (unpaired) electrons. The summed E-state index contributed by atoms with van der Waals surface area (Å²) in [5.41, 5.74) is 1.24. The van der Waals surface area contributed by atoms with Crippen LogP contribution in [-0.4, -0.2) is 19.2 Å². The Morgan fingerprint density at radius 3 is 2.65 bits per heavy atom. The van der Waals surface area contributed by atoms with Gasteiger partial charge in [0.2, 0.25) is 0 Å². The number of aryl methyl sites for hydroxylation is 1. The fraction of sp³-hybridized carbons (Fsp3) is 0.600. The monoisotopic (exact) mass is 235 g/mol. The van der Waals surface area contributed by atoms with Gasteiger partial charge in [-0.15, -0.1) is 0 Å². The first-order valence-corrected chi connectivity index (χ1v) is 6.56. The molecule has 2 nitrogen and oxygen atoms in total. The lowest BCUT2D eigenvalue weighted by molar-refractivity contribution is 0.264. The molecule has 1 N–H and O–H groups in total. The van der Waals surface area contributed by atoms with Crippen LogP contribution in [0, 0.1) is 12.8 Å². The number of rotatable bonds is 7. The number of ether oxygens (including phenoxy) is 1. The molecule has 0 amide bonds. The largest absolute Gasteiger partial charge is 0.494 e. The summed E-state index contributed by atoms with van der Waals surface area (Å²) < 4.78 is 5.77. The molecule has 0 spiro atoms. The Morgan fingerprint density at radius 2 is 2.06 bits per heavy atom. The third-order valence-corrected chi connectivity index (χ3v) is 2.96. The van der Waals surface area contributed by atoms with Crippen LogP contribution in [0.15, 0.2) is 24.3 Å². The predicted molar refractivity (Wildman–Crippen MR) is 73.6 cm³/mol. The van der Waals surface area contributed by atoms with Gasteiger partial charge in [-0.3, -0.25) is 0 Å². The van der Waals surface area contributed by atoms with Crippen molar-refractivity contribution in [2.24, 2.45) is 5.92 Å². The maximum atomic E-state index is 5.77. The molecule has 1 rings (SSSR count). The zero-order valence-electron chi connectivity index (χ0n) is 11.5. The second-order valence-electron chi connectivity index (χ2n) is 4.86. The molecule has 17 heavy (non-hydrogen) atoms. The number of hydrogen-bond donors (Lipinski definition) is 1. The molecule has 0 heterocycles. The first kappa shape index (κ1) is 14.0. The molecule has 0 aliphatic heterocycles. The summed E-state index contributed by atoms with van der Waals surface area (Å²) in [6, 6.07) is 8.77. The van der Waals surface area contributed by atoms with Crippen molar-refractivity contribution in [1.29, 1.82) is 0 Å². The lowest BCUT2D eigenvalue weighted by Gasteiger charge is -2.21. The SMILES string of the molecule is CCNC(CCOc1cccc(C)c1)C(C)C. The molecule has 0 saturated heterocycles. The zero-order chi connectivity index (χ0) is 12.7. The molecule has 0 bridgehead atoms. The second kappa shape index (κ2) is 7.33. The maximum Gasteiger partial charge on any atom is 0.119 e. The molecular weight excluding hydrogens is 210 g/mol. The lowest BCUT2D eigenvalue weighted by Crippen LogP contribution is -2.35. The highest BCUT2D eigenvalue weighted by atomic mass is 16.5. The van der Waals surface area contributed by atoms with E-state index in [1.807, 2.05) is 12.1 Å². The van der Waals surface area contributed by atoms with Gasteiger partial charge in [0.25, 0.3) is 0 Å². The Hall–Kier alpha value is -1.02. The van der Waals surface area contributed by atoms with E-state index in [9.17, 15) is 0 Å². The van der Waals surface area contributed by atoms with Crippen LogP contribution in [0.25, 0.3) is 0 Å². The van der Waals surface area contributed by atoms with Crippen LogP contribution >= 0.6 is 0 Å². The molecule has 96 valence electrons. The normalized spacial score (nSPS) is 12.8. The van der Waals surface area contributed by atoms with Crippen molar-refractivity contribution in [3.8, 4) is 5.75 Å². The van der Waals surface area contributed by atoms with Gasteiger partial charge in [-0.2, -0.15) is 0 Å². The minimum Gasteiger partial charge on any atom is -0.494 e. The maximum absolute atomic E-state index is 5.77. The second-order valence-corrected chi connectivity index (χ2v) is 4.86. The van der Waals surface area contributed by atoms with Crippen LogP contribution in [0.4, 0.5) is 0 Å². The summed E-state index contributed by atoms with van der Waals surface area (Å²) in [5.74, 6) is 1.63. The summed E-state index contributed by atoms with van der Waals surface area (Å²) in [5, 5.41) is 3.50. The molecular formula is C15H25NO. The fourth-order valence-electron chi connectivity index (χ4n) is 1.94. The van der Waals surface area contributed by atoms with Crippen LogP contribution in [-0.2, 0) is 0 Å². The van der Waals surface area contributed by atoms with Crippen molar-refractivity contribution in [2.45, 2.75) is 40.2 Å². The third kappa shape index (κ3) is 5.22. The van der Waals surface area contributed by atoms with Crippen LogP contribution < -0.4 is 10.1 Å². The Labute approximate surface area is 105 Å². The summed E-state index contributed by atoms with van der Waals surface area (Å²) in [6.45, 7) is 10.5. The highest BCUT2D eigenvalue weighted by molar-refractivity contribution is 5.27. The van der Waals surface area contributed by atoms with Crippen molar-refractivity contribution in [1.82, 2.24) is 5.32 Å². The van der Waals surface area contributed by atoms with Crippen molar-refractivity contribution in [3.05, 3.63) is 29.8 Å². The quantitative estimate of drug-likeness (QED) is 0.782. The number of nitrogens with one attached hydrogen (secondary N) is 1. The van der Waals surface area contributed by atoms with Gasteiger partial charge in [0.05, 0.1) is 6.61 Å². The average Bonchev–Trinajstić information content (AvgIpc) is 2.28. The average molecular weight is 235 g/mol. The molecule has 0 aliphatic carbocycles. The summed E-state index contributed by atoms with van der Waals surface area (Å²) in [6.07, 6.45) is 1.06. The zero-order valence-corrected chi connectivity index (χ0v) is 11.5. The van der Waals surface area contributed by atoms with Crippen LogP contribution in [0.1, 0.15) is 32.8 Å². The Kier molecular flexibility index (Phi) is 6.06. The molecule has 1 atom stereocenters. The van der Waals surface area contributed by atoms with E-state index in [4.69, 9.17) is 4.74 Å². The molecule has 1 aromatic rings. The van der Waals surface area contributed by atoms with Gasteiger partial charge >= 0.3 is 0 Å². The van der Waals surface area contributed by atoms with E-state index in [0.717, 1.165) is 25.3 Å². The van der Waals surface area contributed by atoms with Crippen molar-refractivity contribution in [3.63, 3.8) is 0 Å². The molecule has 2 heteroatoms. The summed E-state index contributed by atoms with van der Waals surface area (Å²) >= 11 is 0. The van der Waals surface area contributed by atoms with Gasteiger partial charge in [-0.25, -0.2) is 0 Å². The third-order valence-electron chi connectivity index (χ3n) is 2.96. The summed E-state index contributed by atoms with van der Waals surface area (Å²) in [4.78, 5) is 0. The molecule has 0 fully saturated rings. The number of hydrogen-bond acceptors (Lipinski definition) is 2. The fourth-order valence-corrected chi connectivity index (χ4v) is 1.94. The highest BCUT2D eigenvalue weighted by Crippen LogP contribution is 2.13. The lowest BCUT2D eigenvalue weighted by atomic mass is 10.0. The van der Waals surface area contributed by atoms with Crippen LogP contribution in [0.5, 0.6) is 5.75 Å². The van der Waals surface area contributed by atoms with E-state index >= 15 is 0 Å². The molecule has 0 aromatic heterocycles. The molecule has 0 aliphatic rings.